The first-order valence-electron chi connectivity index (χ1n) is 22.9. The summed E-state index contributed by atoms with van der Waals surface area (Å²) in [6.07, 6.45) is -6.20. The molecule has 27 heteroatoms. The van der Waals surface area contributed by atoms with Gasteiger partial charge in [-0.3, -0.25) is 23.2 Å². The quantitative estimate of drug-likeness (QED) is 0.0775. The topological polar surface area (TPSA) is 345 Å². The monoisotopic (exact) mass is 946 g/mol. The second kappa shape index (κ2) is 20.3. The van der Waals surface area contributed by atoms with Crippen molar-refractivity contribution in [2.75, 3.05) is 38.9 Å². The average molecular weight is 947 g/mol. The number of rotatable bonds is 14. The number of aliphatic hydroxyl groups excluding tert-OH is 3. The fourth-order valence-corrected chi connectivity index (χ4v) is 7.58. The summed E-state index contributed by atoms with van der Waals surface area (Å²) >= 11 is 0. The third-order valence-electron chi connectivity index (χ3n) is 9.68. The zero-order valence-electron chi connectivity index (χ0n) is 43.4. The van der Waals surface area contributed by atoms with E-state index in [1.54, 1.807) is 6.07 Å². The van der Waals surface area contributed by atoms with E-state index in [1.807, 2.05) is 5.09 Å². The summed E-state index contributed by atoms with van der Waals surface area (Å²) < 4.78 is 137. The Morgan fingerprint density at radius 2 is 1.38 bits per heavy atom. The van der Waals surface area contributed by atoms with E-state index in [4.69, 9.17) is 56.2 Å². The molecular weight excluding hydrogens is 885 g/mol. The van der Waals surface area contributed by atoms with Gasteiger partial charge in [-0.2, -0.15) is 19.9 Å². The van der Waals surface area contributed by atoms with Crippen LogP contribution >= 0.6 is 7.75 Å². The average Bonchev–Trinajstić information content (AvgIpc) is 4.02. The third-order valence-corrected chi connectivity index (χ3v) is 11.1. The lowest BCUT2D eigenvalue weighted by atomic mass is 9.98. The molecule has 6 heterocycles. The van der Waals surface area contributed by atoms with Crippen LogP contribution in [0, 0.1) is 0 Å². The van der Waals surface area contributed by atoms with Crippen LogP contribution in [0.25, 0.3) is 22.3 Å². The zero-order valence-corrected chi connectivity index (χ0v) is 36.3. The summed E-state index contributed by atoms with van der Waals surface area (Å²) in [6, 6.07) is 1.85. The van der Waals surface area contributed by atoms with Crippen LogP contribution in [0.2, 0.25) is 0 Å². The van der Waals surface area contributed by atoms with Gasteiger partial charge in [0.25, 0.3) is 0 Å². The molecule has 0 saturated carbocycles. The first-order chi connectivity index (χ1) is 33.6. The molecule has 0 spiro atoms. The molecule has 356 valence electrons. The number of nitrogens with one attached hydrogen (secondary N) is 1. The Balaban J connectivity index is 0.000000255. The van der Waals surface area contributed by atoms with Crippen molar-refractivity contribution in [2.24, 2.45) is 5.73 Å². The number of imidazole rings is 2. The Labute approximate surface area is 381 Å². The van der Waals surface area contributed by atoms with Crippen LogP contribution in [-0.2, 0) is 28.2 Å². The van der Waals surface area contributed by atoms with Gasteiger partial charge < -0.3 is 56.0 Å². The van der Waals surface area contributed by atoms with Gasteiger partial charge >= 0.3 is 7.75 Å². The van der Waals surface area contributed by atoms with Gasteiger partial charge in [-0.25, -0.2) is 28.4 Å². The number of para-hydroxylation sites is 1. The number of carbonyl (C=O) groups is 2. The Morgan fingerprint density at radius 1 is 0.892 bits per heavy atom. The van der Waals surface area contributed by atoms with Crippen molar-refractivity contribution in [1.82, 2.24) is 44.1 Å². The predicted octanol–water partition coefficient (Wildman–Crippen LogP) is 1.49. The molecule has 0 bridgehead atoms. The number of ketones is 2. The maximum absolute atomic E-state index is 15.9. The van der Waals surface area contributed by atoms with Crippen molar-refractivity contribution in [3.63, 3.8) is 0 Å². The van der Waals surface area contributed by atoms with E-state index >= 15 is 4.39 Å². The lowest BCUT2D eigenvalue weighted by molar-refractivity contribution is -0.118. The number of hydrogen-bond donors (Lipinski definition) is 7. The summed E-state index contributed by atoms with van der Waals surface area (Å²) in [4.78, 5) is 46.7. The molecule has 2 aliphatic heterocycles. The number of halogens is 2. The molecule has 11 atom stereocenters. The molecule has 4 aromatic heterocycles. The van der Waals surface area contributed by atoms with Crippen molar-refractivity contribution in [2.45, 2.75) is 102 Å². The van der Waals surface area contributed by atoms with E-state index in [-0.39, 0.29) is 51.7 Å². The third kappa shape index (κ3) is 10.9. The highest BCUT2D eigenvalue weighted by molar-refractivity contribution is 7.52. The highest BCUT2D eigenvalue weighted by atomic mass is 31.2. The normalized spacial score (nSPS) is 30.0. The van der Waals surface area contributed by atoms with Crippen LogP contribution in [0.1, 0.15) is 64.8 Å². The predicted molar refractivity (Wildman–Crippen MR) is 227 cm³/mol. The smallest absolute Gasteiger partial charge is 0.459 e. The maximum atomic E-state index is 15.9. The minimum atomic E-state index is -4.87. The number of aromatic nitrogens is 8. The van der Waals surface area contributed by atoms with Crippen LogP contribution in [0.5, 0.6) is 17.5 Å². The number of ether oxygens (including phenoxy) is 4. The van der Waals surface area contributed by atoms with E-state index in [1.165, 1.54) is 62.6 Å². The van der Waals surface area contributed by atoms with Gasteiger partial charge in [0, 0.05) is 8.22 Å². The van der Waals surface area contributed by atoms with Crippen molar-refractivity contribution in [3.8, 4) is 17.5 Å². The number of fused-ring (bicyclic) bond motifs is 2. The summed E-state index contributed by atoms with van der Waals surface area (Å²) in [5.74, 6) is -2.20. The number of Topliss-reactive ketones (excluding diaryl/α,β-unsaturated/α-hetero) is 2. The molecule has 0 radical (unpaired) electrons. The van der Waals surface area contributed by atoms with Gasteiger partial charge in [0.2, 0.25) is 23.7 Å². The molecule has 2 fully saturated rings. The minimum absolute atomic E-state index is 0.0221. The summed E-state index contributed by atoms with van der Waals surface area (Å²) in [5, 5.41) is 31.9. The molecule has 7 rings (SSSR count). The van der Waals surface area contributed by atoms with Crippen LogP contribution in [0.15, 0.2) is 43.0 Å². The molecule has 1 aromatic carbocycles. The fraction of sp³-hybridized carbons (Fsp3) is 0.526. The Bertz CT molecular complexity index is 2830. The molecule has 24 nitrogen and oxygen atoms in total. The molecule has 2 aliphatic rings. The van der Waals surface area contributed by atoms with E-state index in [0.717, 1.165) is 25.3 Å². The zero-order chi connectivity index (χ0) is 55.0. The molecule has 1 unspecified atom stereocenters. The van der Waals surface area contributed by atoms with Crippen molar-refractivity contribution < 1.29 is 77.2 Å². The van der Waals surface area contributed by atoms with Gasteiger partial charge in [-0.15, -0.1) is 0 Å². The number of hydrogen-bond acceptors (Lipinski definition) is 21. The number of anilines is 2. The summed E-state index contributed by atoms with van der Waals surface area (Å²) in [7, 11) is -2.15. The minimum Gasteiger partial charge on any atom is -0.479 e. The number of carbonyl (C=O) groups excluding carboxylic acids is 2. The molecule has 5 aromatic rings. The SMILES string of the molecule is COc1nc(N)nc2c1ncn2[C@@H]1O[C@H](CO)[C@@H](O)[C@@]1(C)F.[2H]C([2H])([2H])[C@]([2H])(N)C(C)=O.[2H]C([2H])([2H])[C@]([2H])(NP(=O)(OC[C@H]1O[C@@H](n2cnc3c(OC)nc(N)nc32)[C@](C)(F)[C@@H]1O)Oc1ccccc1)C(C)=O. The molecule has 65 heavy (non-hydrogen) atoms. The first-order valence-corrected chi connectivity index (χ1v) is 20.5. The van der Waals surface area contributed by atoms with E-state index in [9.17, 15) is 33.9 Å². The van der Waals surface area contributed by atoms with Gasteiger partial charge in [0.05, 0.1) is 54.9 Å². The van der Waals surface area contributed by atoms with Crippen LogP contribution in [0.4, 0.5) is 20.7 Å². The lowest BCUT2D eigenvalue weighted by Gasteiger charge is -2.25. The van der Waals surface area contributed by atoms with Gasteiger partial charge in [0.1, 0.15) is 41.7 Å². The number of benzene rings is 1. The first kappa shape index (κ1) is 39.8. The Kier molecular flexibility index (Phi) is 12.4. The summed E-state index contributed by atoms with van der Waals surface area (Å²) in [5.41, 5.74) is 12.3. The molecular formula is C38H53F2N12O12P. The van der Waals surface area contributed by atoms with Crippen LogP contribution in [-0.4, -0.2) is 141 Å². The number of nitrogen functional groups attached to an aromatic ring is 2. The van der Waals surface area contributed by atoms with E-state index < -0.39 is 106 Å². The molecule has 10 N–H and O–H groups in total. The summed E-state index contributed by atoms with van der Waals surface area (Å²) in [6.45, 7) is -3.32. The van der Waals surface area contributed by atoms with Crippen molar-refractivity contribution in [1.29, 1.82) is 0 Å². The van der Waals surface area contributed by atoms with Crippen LogP contribution < -0.4 is 36.3 Å². The number of aliphatic hydroxyl groups is 3. The number of methoxy groups -OCH3 is 2. The standard InChI is InChI=1S/C22H28FN6O7P.C12H16FN5O4.C4H9NO/c1-12(13(2)30)28-37(32,36-14-8-6-5-7-9-14)34-10-15-17(31)22(3,23)20(35-15)29-11-25-16-18(29)26-21(24)27-19(16)33-4;1-12(13)7(20)5(3-19)22-10(12)18-4-15-6-8(18)16-11(14)17-9(6)21-2;1-3(5)4(2)6/h5-9,11-12,15,17,20,31H,10H2,1-4H3,(H,28,32)(H2,24,26,27);4-5,7,10,19-20H,3H2,1-2H3,(H2,14,16,17);3H,5H2,1-2H3/t12-,15+,17+,20+,22+,37?;5-,7-,10-,12-;3-/m010/s1/i1D3,12D;;1D3,3D. The maximum Gasteiger partial charge on any atom is 0.459 e. The second-order valence-corrected chi connectivity index (χ2v) is 16.1. The lowest BCUT2D eigenvalue weighted by Crippen LogP contribution is -2.41. The molecule has 2 saturated heterocycles. The number of nitrogens with two attached hydrogens (primary N) is 3. The highest BCUT2D eigenvalue weighted by Crippen LogP contribution is 2.48. The van der Waals surface area contributed by atoms with Gasteiger partial charge in [0.15, 0.2) is 46.1 Å². The largest absolute Gasteiger partial charge is 0.479 e. The molecule has 0 aliphatic carbocycles. The van der Waals surface area contributed by atoms with Crippen LogP contribution in [0.3, 0.4) is 0 Å². The van der Waals surface area contributed by atoms with Gasteiger partial charge in [-0.05, 0) is 53.5 Å². The highest BCUT2D eigenvalue weighted by Gasteiger charge is 2.57. The van der Waals surface area contributed by atoms with E-state index in [0.29, 0.717) is 0 Å². The van der Waals surface area contributed by atoms with E-state index in [2.05, 4.69) is 29.9 Å². The van der Waals surface area contributed by atoms with Crippen molar-refractivity contribution >= 4 is 53.5 Å². The second-order valence-electron chi connectivity index (χ2n) is 14.5. The Hall–Kier alpha value is -5.57. The Morgan fingerprint density at radius 3 is 1.78 bits per heavy atom. The molecule has 0 amide bonds. The number of alkyl halides is 2. The number of nitrogens with zero attached hydrogens (tertiary/aromatic N) is 8. The van der Waals surface area contributed by atoms with Gasteiger partial charge in [-0.1, -0.05) is 18.2 Å². The fourth-order valence-electron chi connectivity index (χ4n) is 6.24. The van der Waals surface area contributed by atoms with Crippen molar-refractivity contribution in [3.05, 3.63) is 43.0 Å².